The number of rotatable bonds is 3. The number of carbonyl (C=O) groups is 1. The quantitative estimate of drug-likeness (QED) is 0.734. The summed E-state index contributed by atoms with van der Waals surface area (Å²) in [6, 6.07) is 9.68. The molecule has 8 heteroatoms. The number of carbonyl (C=O) groups excluding carboxylic acids is 1. The van der Waals surface area contributed by atoms with Crippen LogP contribution < -0.4 is 5.43 Å². The molecule has 0 atom stereocenters. The van der Waals surface area contributed by atoms with Crippen LogP contribution in [0.25, 0.3) is 11.3 Å². The summed E-state index contributed by atoms with van der Waals surface area (Å²) in [4.78, 5) is 30.7. The third kappa shape index (κ3) is 3.14. The summed E-state index contributed by atoms with van der Waals surface area (Å²) in [5.41, 5.74) is 0.624. The van der Waals surface area contributed by atoms with Crippen molar-refractivity contribution in [3.8, 4) is 17.0 Å². The Morgan fingerprint density at radius 1 is 1.14 bits per heavy atom. The van der Waals surface area contributed by atoms with Gasteiger partial charge in [0.05, 0.1) is 28.5 Å². The zero-order chi connectivity index (χ0) is 19.8. The van der Waals surface area contributed by atoms with Gasteiger partial charge in [-0.05, 0) is 18.2 Å². The molecule has 3 heterocycles. The molecule has 0 aliphatic carbocycles. The Bertz CT molecular complexity index is 1130. The highest BCUT2D eigenvalue weighted by Crippen LogP contribution is 2.26. The van der Waals surface area contributed by atoms with Gasteiger partial charge in [-0.2, -0.15) is 0 Å². The van der Waals surface area contributed by atoms with Crippen molar-refractivity contribution >= 4 is 17.5 Å². The molecule has 4 rings (SSSR count). The molecule has 2 aromatic heterocycles. The van der Waals surface area contributed by atoms with Crippen LogP contribution in [0.5, 0.6) is 5.75 Å². The predicted molar refractivity (Wildman–Crippen MR) is 101 cm³/mol. The maximum atomic E-state index is 14.2. The third-order valence-corrected chi connectivity index (χ3v) is 4.99. The highest BCUT2D eigenvalue weighted by Gasteiger charge is 2.28. The van der Waals surface area contributed by atoms with Gasteiger partial charge in [0.1, 0.15) is 12.4 Å². The van der Waals surface area contributed by atoms with E-state index < -0.39 is 17.0 Å². The predicted octanol–water partition coefficient (Wildman–Crippen LogP) is 2.95. The van der Waals surface area contributed by atoms with Gasteiger partial charge in [0, 0.05) is 24.5 Å². The number of aromatic nitrogens is 2. The maximum absolute atomic E-state index is 14.2. The number of nitrogens with zero attached hydrogens (tertiary/aromatic N) is 3. The van der Waals surface area contributed by atoms with Crippen molar-refractivity contribution in [3.63, 3.8) is 0 Å². The molecule has 0 saturated carbocycles. The standard InChI is InChI=1S/C20H15ClFN3O3/c21-14-5-3-4-12(18(14)22)8-25-10-16-20(28)19(27)13(9-24(16)11-17(25)26)15-6-1-2-7-23-15/h1-7,9,28H,8,10-11H2. The lowest BCUT2D eigenvalue weighted by molar-refractivity contribution is -0.134. The molecule has 1 N–H and O–H groups in total. The van der Waals surface area contributed by atoms with Gasteiger partial charge in [0.25, 0.3) is 0 Å². The summed E-state index contributed by atoms with van der Waals surface area (Å²) in [7, 11) is 0. The van der Waals surface area contributed by atoms with Crippen molar-refractivity contribution in [1.29, 1.82) is 0 Å². The first-order valence-corrected chi connectivity index (χ1v) is 8.91. The molecule has 1 aliphatic rings. The van der Waals surface area contributed by atoms with Crippen LogP contribution >= 0.6 is 11.6 Å². The number of amides is 1. The summed E-state index contributed by atoms with van der Waals surface area (Å²) in [5, 5.41) is 10.4. The fraction of sp³-hybridized carbons (Fsp3) is 0.150. The van der Waals surface area contributed by atoms with Crippen LogP contribution in [-0.2, 0) is 24.4 Å². The average molecular weight is 400 g/mol. The van der Waals surface area contributed by atoms with Crippen molar-refractivity contribution in [2.75, 3.05) is 0 Å². The maximum Gasteiger partial charge on any atom is 0.243 e. The number of benzene rings is 1. The molecule has 0 radical (unpaired) electrons. The molecule has 3 aromatic rings. The topological polar surface area (TPSA) is 75.4 Å². The van der Waals surface area contributed by atoms with Gasteiger partial charge in [0.15, 0.2) is 5.75 Å². The van der Waals surface area contributed by atoms with Crippen molar-refractivity contribution < 1.29 is 14.3 Å². The van der Waals surface area contributed by atoms with E-state index in [1.54, 1.807) is 36.5 Å². The SMILES string of the molecule is O=C1Cn2cc(-c3ccccn3)c(=O)c(O)c2CN1Cc1cccc(Cl)c1F. The number of halogens is 2. The van der Waals surface area contributed by atoms with Gasteiger partial charge in [0.2, 0.25) is 11.3 Å². The molecule has 0 saturated heterocycles. The van der Waals surface area contributed by atoms with Crippen LogP contribution in [0.4, 0.5) is 4.39 Å². The van der Waals surface area contributed by atoms with Gasteiger partial charge < -0.3 is 14.6 Å². The molecule has 6 nitrogen and oxygen atoms in total. The monoisotopic (exact) mass is 399 g/mol. The Balaban J connectivity index is 1.70. The highest BCUT2D eigenvalue weighted by molar-refractivity contribution is 6.30. The van der Waals surface area contributed by atoms with E-state index in [0.717, 1.165) is 0 Å². The van der Waals surface area contributed by atoms with Gasteiger partial charge >= 0.3 is 0 Å². The van der Waals surface area contributed by atoms with Crippen molar-refractivity contribution in [3.05, 3.63) is 81.1 Å². The average Bonchev–Trinajstić information content (AvgIpc) is 2.70. The summed E-state index contributed by atoms with van der Waals surface area (Å²) in [6.45, 7) is -0.111. The molecular weight excluding hydrogens is 385 g/mol. The van der Waals surface area contributed by atoms with E-state index in [-0.39, 0.29) is 41.7 Å². The van der Waals surface area contributed by atoms with E-state index in [4.69, 9.17) is 11.6 Å². The van der Waals surface area contributed by atoms with E-state index in [2.05, 4.69) is 4.98 Å². The zero-order valence-corrected chi connectivity index (χ0v) is 15.4. The summed E-state index contributed by atoms with van der Waals surface area (Å²) < 4.78 is 15.7. The minimum Gasteiger partial charge on any atom is -0.503 e. The summed E-state index contributed by atoms with van der Waals surface area (Å²) in [6.07, 6.45) is 3.07. The first-order valence-electron chi connectivity index (χ1n) is 8.53. The molecule has 0 unspecified atom stereocenters. The van der Waals surface area contributed by atoms with Crippen LogP contribution in [0.15, 0.2) is 53.6 Å². The molecule has 0 fully saturated rings. The second kappa shape index (κ2) is 7.09. The lowest BCUT2D eigenvalue weighted by Crippen LogP contribution is -2.40. The van der Waals surface area contributed by atoms with Crippen molar-refractivity contribution in [2.24, 2.45) is 0 Å². The molecule has 1 aliphatic heterocycles. The number of hydrogen-bond donors (Lipinski definition) is 1. The third-order valence-electron chi connectivity index (χ3n) is 4.70. The smallest absolute Gasteiger partial charge is 0.243 e. The Hall–Kier alpha value is -3.19. The molecular formula is C20H15ClFN3O3. The Morgan fingerprint density at radius 2 is 1.96 bits per heavy atom. The van der Waals surface area contributed by atoms with Gasteiger partial charge in [-0.1, -0.05) is 29.8 Å². The molecule has 0 spiro atoms. The van der Waals surface area contributed by atoms with Crippen LogP contribution in [0.2, 0.25) is 5.02 Å². The second-order valence-electron chi connectivity index (χ2n) is 6.47. The lowest BCUT2D eigenvalue weighted by atomic mass is 10.1. The van der Waals surface area contributed by atoms with Gasteiger partial charge in [-0.25, -0.2) is 4.39 Å². The first kappa shape index (κ1) is 18.2. The Labute approximate surface area is 164 Å². The lowest BCUT2D eigenvalue weighted by Gasteiger charge is -2.31. The molecule has 0 bridgehead atoms. The molecule has 1 amide bonds. The second-order valence-corrected chi connectivity index (χ2v) is 6.88. The summed E-state index contributed by atoms with van der Waals surface area (Å²) >= 11 is 5.80. The fourth-order valence-electron chi connectivity index (χ4n) is 3.23. The molecule has 1 aromatic carbocycles. The summed E-state index contributed by atoms with van der Waals surface area (Å²) in [5.74, 6) is -1.29. The number of pyridine rings is 2. The molecule has 28 heavy (non-hydrogen) atoms. The van der Waals surface area contributed by atoms with Crippen LogP contribution in [0, 0.1) is 5.82 Å². The normalized spacial score (nSPS) is 13.5. The van der Waals surface area contributed by atoms with E-state index in [9.17, 15) is 19.1 Å². The zero-order valence-electron chi connectivity index (χ0n) is 14.6. The largest absolute Gasteiger partial charge is 0.503 e. The van der Waals surface area contributed by atoms with Crippen molar-refractivity contribution in [1.82, 2.24) is 14.5 Å². The number of fused-ring (bicyclic) bond motifs is 1. The number of aromatic hydroxyl groups is 1. The van der Waals surface area contributed by atoms with E-state index in [1.807, 2.05) is 0 Å². The van der Waals surface area contributed by atoms with E-state index >= 15 is 0 Å². The highest BCUT2D eigenvalue weighted by atomic mass is 35.5. The van der Waals surface area contributed by atoms with Gasteiger partial charge in [-0.3, -0.25) is 14.6 Å². The van der Waals surface area contributed by atoms with E-state index in [1.165, 1.54) is 21.7 Å². The Morgan fingerprint density at radius 3 is 2.71 bits per heavy atom. The minimum absolute atomic E-state index is 0.0130. The van der Waals surface area contributed by atoms with E-state index in [0.29, 0.717) is 11.4 Å². The van der Waals surface area contributed by atoms with Gasteiger partial charge in [-0.15, -0.1) is 0 Å². The van der Waals surface area contributed by atoms with Crippen LogP contribution in [-0.4, -0.2) is 25.5 Å². The Kier molecular flexibility index (Phi) is 4.60. The fourth-order valence-corrected chi connectivity index (χ4v) is 3.43. The minimum atomic E-state index is -0.588. The van der Waals surface area contributed by atoms with Crippen LogP contribution in [0.1, 0.15) is 11.3 Å². The number of hydrogen-bond acceptors (Lipinski definition) is 4. The molecule has 142 valence electrons. The first-order chi connectivity index (χ1) is 13.5. The van der Waals surface area contributed by atoms with Crippen molar-refractivity contribution in [2.45, 2.75) is 19.6 Å². The van der Waals surface area contributed by atoms with Crippen LogP contribution in [0.3, 0.4) is 0 Å².